The van der Waals surface area contributed by atoms with Crippen LogP contribution in [0.2, 0.25) is 0 Å². The molecular weight excluding hydrogens is 458 g/mol. The minimum Gasteiger partial charge on any atom is -0.496 e. The van der Waals surface area contributed by atoms with Crippen molar-refractivity contribution in [3.63, 3.8) is 0 Å². The first-order chi connectivity index (χ1) is 17.2. The summed E-state index contributed by atoms with van der Waals surface area (Å²) in [6.07, 6.45) is 2.75. The highest BCUT2D eigenvalue weighted by Gasteiger charge is 2.27. The van der Waals surface area contributed by atoms with E-state index in [9.17, 15) is 5.11 Å². The van der Waals surface area contributed by atoms with Crippen molar-refractivity contribution in [1.29, 1.82) is 0 Å². The zero-order valence-electron chi connectivity index (χ0n) is 21.4. The lowest BCUT2D eigenvalue weighted by Gasteiger charge is -2.22. The monoisotopic (exact) mass is 491 g/mol. The number of rotatable bonds is 7. The average molecular weight is 492 g/mol. The third-order valence-corrected chi connectivity index (χ3v) is 6.52. The summed E-state index contributed by atoms with van der Waals surface area (Å²) in [5.74, 6) is 0.882. The summed E-state index contributed by atoms with van der Waals surface area (Å²) in [7, 11) is 3.69. The lowest BCUT2D eigenvalue weighted by atomic mass is 9.97. The molecule has 0 spiro atoms. The van der Waals surface area contributed by atoms with E-state index in [4.69, 9.17) is 14.2 Å². The van der Waals surface area contributed by atoms with Gasteiger partial charge in [-0.25, -0.2) is 9.50 Å². The Kier molecular flexibility index (Phi) is 6.44. The Bertz CT molecular complexity index is 1380. The Balaban J connectivity index is 1.60. The first kappa shape index (κ1) is 24.3. The Morgan fingerprint density at radius 2 is 1.97 bits per heavy atom. The molecule has 9 heteroatoms. The number of aromatic nitrogens is 4. The molecule has 0 radical (unpaired) electrons. The predicted molar refractivity (Wildman–Crippen MR) is 137 cm³/mol. The van der Waals surface area contributed by atoms with Gasteiger partial charge in [-0.15, -0.1) is 5.10 Å². The van der Waals surface area contributed by atoms with Gasteiger partial charge in [0.25, 0.3) is 5.88 Å². The zero-order chi connectivity index (χ0) is 25.4. The van der Waals surface area contributed by atoms with Crippen LogP contribution in [0.4, 0.5) is 0 Å². The Morgan fingerprint density at radius 1 is 1.17 bits per heavy atom. The molecule has 2 aromatic heterocycles. The molecule has 2 atom stereocenters. The van der Waals surface area contributed by atoms with Crippen molar-refractivity contribution in [2.45, 2.75) is 51.4 Å². The molecule has 1 aliphatic heterocycles. The van der Waals surface area contributed by atoms with Crippen LogP contribution in [-0.4, -0.2) is 68.5 Å². The molecule has 190 valence electrons. The first-order valence-electron chi connectivity index (χ1n) is 12.3. The number of ether oxygens (including phenoxy) is 3. The third-order valence-electron chi connectivity index (χ3n) is 6.52. The van der Waals surface area contributed by atoms with E-state index in [1.54, 1.807) is 17.8 Å². The lowest BCUT2D eigenvalue weighted by Crippen LogP contribution is -2.31. The number of imidazole rings is 1. The fraction of sp³-hybridized carbons (Fsp3) is 0.444. The van der Waals surface area contributed by atoms with Crippen LogP contribution in [0.1, 0.15) is 51.0 Å². The van der Waals surface area contributed by atoms with E-state index < -0.39 is 11.7 Å². The fourth-order valence-electron chi connectivity index (χ4n) is 4.70. The van der Waals surface area contributed by atoms with Crippen LogP contribution in [0.5, 0.6) is 17.6 Å². The third kappa shape index (κ3) is 4.68. The van der Waals surface area contributed by atoms with Gasteiger partial charge < -0.3 is 24.2 Å². The maximum absolute atomic E-state index is 11.7. The van der Waals surface area contributed by atoms with Crippen LogP contribution in [0, 0.1) is 0 Å². The number of methoxy groups -OCH3 is 1. The number of hydrogen-bond donors (Lipinski definition) is 1. The minimum absolute atomic E-state index is 0.179. The van der Waals surface area contributed by atoms with Crippen LogP contribution in [-0.2, 0) is 0 Å². The summed E-state index contributed by atoms with van der Waals surface area (Å²) < 4.78 is 19.4. The van der Waals surface area contributed by atoms with Crippen molar-refractivity contribution in [2.24, 2.45) is 0 Å². The van der Waals surface area contributed by atoms with Crippen LogP contribution in [0.15, 0.2) is 42.6 Å². The number of benzene rings is 2. The van der Waals surface area contributed by atoms with E-state index in [-0.39, 0.29) is 6.01 Å². The van der Waals surface area contributed by atoms with Crippen molar-refractivity contribution >= 4 is 16.4 Å². The molecule has 0 aliphatic carbocycles. The van der Waals surface area contributed by atoms with Crippen LogP contribution >= 0.6 is 0 Å². The second-order valence-corrected chi connectivity index (χ2v) is 10.2. The van der Waals surface area contributed by atoms with Crippen molar-refractivity contribution in [2.75, 3.05) is 27.3 Å². The maximum Gasteiger partial charge on any atom is 0.337 e. The first-order valence-corrected chi connectivity index (χ1v) is 12.3. The second-order valence-electron chi connectivity index (χ2n) is 10.2. The zero-order valence-corrected chi connectivity index (χ0v) is 21.4. The molecule has 5 rings (SSSR count). The van der Waals surface area contributed by atoms with Gasteiger partial charge in [0.05, 0.1) is 19.0 Å². The molecule has 1 aliphatic rings. The van der Waals surface area contributed by atoms with E-state index in [0.29, 0.717) is 41.2 Å². The van der Waals surface area contributed by atoms with Gasteiger partial charge >= 0.3 is 6.01 Å². The molecular formula is C27H33N5O4. The number of fused-ring (bicyclic) bond motifs is 2. The van der Waals surface area contributed by atoms with Crippen LogP contribution < -0.4 is 14.2 Å². The Labute approximate surface area is 210 Å². The predicted octanol–water partition coefficient (Wildman–Crippen LogP) is 4.02. The van der Waals surface area contributed by atoms with Gasteiger partial charge in [0.15, 0.2) is 0 Å². The molecule has 1 unspecified atom stereocenters. The van der Waals surface area contributed by atoms with Gasteiger partial charge in [0.2, 0.25) is 5.65 Å². The summed E-state index contributed by atoms with van der Waals surface area (Å²) in [5, 5.41) is 18.2. The summed E-state index contributed by atoms with van der Waals surface area (Å²) in [6, 6.07) is 12.2. The number of likely N-dealkylation sites (N-methyl/N-ethyl adjacent to an activating group) is 1. The number of nitrogens with zero attached hydrogens (tertiary/aromatic N) is 5. The fourth-order valence-corrected chi connectivity index (χ4v) is 4.70. The summed E-state index contributed by atoms with van der Waals surface area (Å²) in [5.41, 5.74) is 0.998. The topological polar surface area (TPSA) is 94.2 Å². The number of hydrogen-bond acceptors (Lipinski definition) is 8. The number of aliphatic hydroxyl groups excluding tert-OH is 1. The highest BCUT2D eigenvalue weighted by atomic mass is 16.5. The molecule has 1 saturated heterocycles. The highest BCUT2D eigenvalue weighted by molar-refractivity contribution is 5.88. The molecule has 3 heterocycles. The van der Waals surface area contributed by atoms with Crippen molar-refractivity contribution in [3.8, 4) is 17.6 Å². The molecule has 1 N–H and O–H groups in total. The van der Waals surface area contributed by atoms with E-state index >= 15 is 0 Å². The molecule has 36 heavy (non-hydrogen) atoms. The van der Waals surface area contributed by atoms with Gasteiger partial charge in [0, 0.05) is 11.6 Å². The van der Waals surface area contributed by atoms with Crippen molar-refractivity contribution in [3.05, 3.63) is 53.9 Å². The minimum atomic E-state index is -1.06. The van der Waals surface area contributed by atoms with Gasteiger partial charge in [-0.2, -0.15) is 4.98 Å². The average Bonchev–Trinajstić information content (AvgIpc) is 3.46. The SMILES string of the molecule is COc1ccc2ccccc2c1C(O)c1cnc2c(OC(C)(C)C)nc(OC[C@@H]3CCCN3C)nn12. The number of aliphatic hydroxyl groups is 1. The standard InChI is InChI=1S/C27H33N5O4/c1-27(2,3)36-25-24-28-15-20(32(24)30-26(29-25)35-16-18-10-8-14-31(18)4)23(33)22-19-11-7-6-9-17(19)12-13-21(22)34-5/h6-7,9,11-13,15,18,23,33H,8,10,14,16H2,1-5H3/t18-,23?/m0/s1. The molecule has 0 amide bonds. The lowest BCUT2D eigenvalue weighted by molar-refractivity contribution is 0.121. The Hall–Kier alpha value is -3.43. The van der Waals surface area contributed by atoms with Crippen molar-refractivity contribution < 1.29 is 19.3 Å². The Morgan fingerprint density at radius 3 is 2.69 bits per heavy atom. The largest absolute Gasteiger partial charge is 0.496 e. The van der Waals surface area contributed by atoms with E-state index in [1.165, 1.54) is 0 Å². The quantitative estimate of drug-likeness (QED) is 0.414. The molecule has 9 nitrogen and oxygen atoms in total. The van der Waals surface area contributed by atoms with Crippen molar-refractivity contribution in [1.82, 2.24) is 24.5 Å². The molecule has 4 aromatic rings. The molecule has 0 saturated carbocycles. The highest BCUT2D eigenvalue weighted by Crippen LogP contribution is 2.37. The van der Waals surface area contributed by atoms with Crippen LogP contribution in [0.25, 0.3) is 16.4 Å². The maximum atomic E-state index is 11.7. The van der Waals surface area contributed by atoms with E-state index in [2.05, 4.69) is 27.0 Å². The molecule has 2 aromatic carbocycles. The van der Waals surface area contributed by atoms with Gasteiger partial charge in [0.1, 0.15) is 24.1 Å². The molecule has 0 bridgehead atoms. The van der Waals surface area contributed by atoms with Gasteiger partial charge in [-0.1, -0.05) is 30.3 Å². The van der Waals surface area contributed by atoms with E-state index in [0.717, 1.165) is 30.2 Å². The van der Waals surface area contributed by atoms with E-state index in [1.807, 2.05) is 57.2 Å². The van der Waals surface area contributed by atoms with Crippen LogP contribution in [0.3, 0.4) is 0 Å². The smallest absolute Gasteiger partial charge is 0.337 e. The summed E-state index contributed by atoms with van der Waals surface area (Å²) >= 11 is 0. The normalized spacial score (nSPS) is 17.6. The van der Waals surface area contributed by atoms with Gasteiger partial charge in [-0.3, -0.25) is 0 Å². The second kappa shape index (κ2) is 9.55. The van der Waals surface area contributed by atoms with Gasteiger partial charge in [-0.05, 0) is 64.0 Å². The number of likely N-dealkylation sites (tertiary alicyclic amines) is 1. The molecule has 1 fully saturated rings. The summed E-state index contributed by atoms with van der Waals surface area (Å²) in [4.78, 5) is 11.3. The summed E-state index contributed by atoms with van der Waals surface area (Å²) in [6.45, 7) is 7.36.